The van der Waals surface area contributed by atoms with Crippen molar-refractivity contribution in [1.29, 1.82) is 0 Å². The van der Waals surface area contributed by atoms with Crippen LogP contribution in [0.3, 0.4) is 0 Å². The van der Waals surface area contributed by atoms with Gasteiger partial charge in [-0.05, 0) is 56.0 Å². The lowest BCUT2D eigenvalue weighted by atomic mass is 9.97. The monoisotopic (exact) mass is 294 g/mol. The van der Waals surface area contributed by atoms with Gasteiger partial charge in [-0.25, -0.2) is 0 Å². The zero-order valence-electron chi connectivity index (χ0n) is 14.1. The summed E-state index contributed by atoms with van der Waals surface area (Å²) < 4.78 is 0. The van der Waals surface area contributed by atoms with Crippen LogP contribution in [0, 0.1) is 0 Å². The van der Waals surface area contributed by atoms with Gasteiger partial charge in [0, 0.05) is 13.1 Å². The first-order valence-electron chi connectivity index (χ1n) is 7.62. The molecule has 2 aromatic carbocycles. The van der Waals surface area contributed by atoms with Crippen LogP contribution in [0.15, 0.2) is 55.1 Å². The molecule has 0 spiro atoms. The van der Waals surface area contributed by atoms with Gasteiger partial charge in [0.25, 0.3) is 0 Å². The van der Waals surface area contributed by atoms with E-state index in [-0.39, 0.29) is 0 Å². The molecule has 0 amide bonds. The van der Waals surface area contributed by atoms with E-state index < -0.39 is 0 Å². The first kappa shape index (κ1) is 16.5. The fourth-order valence-electron chi connectivity index (χ4n) is 2.52. The molecule has 0 aliphatic rings. The van der Waals surface area contributed by atoms with E-state index in [9.17, 15) is 0 Å². The highest BCUT2D eigenvalue weighted by molar-refractivity contribution is 5.78. The Morgan fingerprint density at radius 1 is 0.682 bits per heavy atom. The molecule has 0 fully saturated rings. The fourth-order valence-corrected chi connectivity index (χ4v) is 2.52. The van der Waals surface area contributed by atoms with Crippen LogP contribution in [0.2, 0.25) is 0 Å². The maximum atomic E-state index is 4.26. The molecule has 0 saturated heterocycles. The zero-order valence-corrected chi connectivity index (χ0v) is 14.1. The summed E-state index contributed by atoms with van der Waals surface area (Å²) in [5, 5.41) is 0. The summed E-state index contributed by atoms with van der Waals surface area (Å²) in [6.07, 6.45) is 0. The van der Waals surface area contributed by atoms with Crippen LogP contribution in [0.25, 0.3) is 5.57 Å². The Labute approximate surface area is 134 Å². The lowest BCUT2D eigenvalue weighted by Crippen LogP contribution is -2.10. The van der Waals surface area contributed by atoms with Crippen LogP contribution in [0.4, 0.5) is 0 Å². The summed E-state index contributed by atoms with van der Waals surface area (Å²) in [4.78, 5) is 4.35. The van der Waals surface area contributed by atoms with E-state index in [2.05, 4.69) is 93.1 Å². The largest absolute Gasteiger partial charge is 0.305 e. The molecule has 0 aliphatic carbocycles. The van der Waals surface area contributed by atoms with E-state index in [1.54, 1.807) is 0 Å². The van der Waals surface area contributed by atoms with Crippen molar-refractivity contribution < 1.29 is 0 Å². The van der Waals surface area contributed by atoms with Crippen molar-refractivity contribution >= 4 is 5.57 Å². The Hall–Kier alpha value is -1.90. The molecule has 2 aromatic rings. The summed E-state index contributed by atoms with van der Waals surface area (Å²) in [6.45, 7) is 6.18. The van der Waals surface area contributed by atoms with Crippen LogP contribution in [0.5, 0.6) is 0 Å². The maximum absolute atomic E-state index is 4.26. The summed E-state index contributed by atoms with van der Waals surface area (Å²) in [5.74, 6) is 0. The Bertz CT molecular complexity index is 552. The normalized spacial score (nSPS) is 11.2. The first-order valence-corrected chi connectivity index (χ1v) is 7.62. The molecular formula is C20H26N2. The minimum atomic E-state index is 0.964. The molecular weight excluding hydrogens is 268 g/mol. The standard InChI is InChI=1S/C20H26N2/c1-16(19-10-6-17(7-11-19)14-21(2)3)20-12-8-18(9-13-20)15-22(4)5/h6-13H,1,14-15H2,2-5H3. The second kappa shape index (κ2) is 7.39. The molecule has 0 N–H and O–H groups in total. The molecule has 0 atom stereocenters. The van der Waals surface area contributed by atoms with Crippen LogP contribution in [-0.2, 0) is 13.1 Å². The number of hydrogen-bond donors (Lipinski definition) is 0. The molecule has 116 valence electrons. The van der Waals surface area contributed by atoms with Gasteiger partial charge in [-0.2, -0.15) is 0 Å². The smallest absolute Gasteiger partial charge is 0.0227 e. The second-order valence-corrected chi connectivity index (χ2v) is 6.35. The molecule has 0 heterocycles. The van der Waals surface area contributed by atoms with Crippen molar-refractivity contribution in [3.8, 4) is 0 Å². The van der Waals surface area contributed by atoms with E-state index in [0.717, 1.165) is 18.7 Å². The van der Waals surface area contributed by atoms with E-state index in [0.29, 0.717) is 0 Å². The highest BCUT2D eigenvalue weighted by Crippen LogP contribution is 2.22. The van der Waals surface area contributed by atoms with Gasteiger partial charge in [-0.3, -0.25) is 0 Å². The number of hydrogen-bond acceptors (Lipinski definition) is 2. The van der Waals surface area contributed by atoms with Gasteiger partial charge in [0.1, 0.15) is 0 Å². The lowest BCUT2D eigenvalue weighted by molar-refractivity contribution is 0.402. The minimum absolute atomic E-state index is 0.964. The molecule has 0 saturated carbocycles. The highest BCUT2D eigenvalue weighted by atomic mass is 15.1. The predicted molar refractivity (Wildman–Crippen MR) is 95.8 cm³/mol. The van der Waals surface area contributed by atoms with Crippen molar-refractivity contribution in [1.82, 2.24) is 9.80 Å². The van der Waals surface area contributed by atoms with E-state index in [1.165, 1.54) is 22.3 Å². The summed E-state index contributed by atoms with van der Waals surface area (Å²) in [6, 6.07) is 17.4. The quantitative estimate of drug-likeness (QED) is 0.798. The Kier molecular flexibility index (Phi) is 5.53. The molecule has 0 radical (unpaired) electrons. The average Bonchev–Trinajstić information content (AvgIpc) is 2.47. The van der Waals surface area contributed by atoms with Gasteiger partial charge in [0.05, 0.1) is 0 Å². The maximum Gasteiger partial charge on any atom is 0.0227 e. The van der Waals surface area contributed by atoms with E-state index in [4.69, 9.17) is 0 Å². The first-order chi connectivity index (χ1) is 10.5. The van der Waals surface area contributed by atoms with Crippen molar-refractivity contribution in [2.24, 2.45) is 0 Å². The van der Waals surface area contributed by atoms with E-state index >= 15 is 0 Å². The van der Waals surface area contributed by atoms with Gasteiger partial charge in [0.2, 0.25) is 0 Å². The van der Waals surface area contributed by atoms with Crippen molar-refractivity contribution in [2.45, 2.75) is 13.1 Å². The molecule has 2 nitrogen and oxygen atoms in total. The van der Waals surface area contributed by atoms with Crippen molar-refractivity contribution in [2.75, 3.05) is 28.2 Å². The molecule has 0 bridgehead atoms. The molecule has 22 heavy (non-hydrogen) atoms. The lowest BCUT2D eigenvalue weighted by Gasteiger charge is -2.12. The third-order valence-electron chi connectivity index (χ3n) is 3.60. The average molecular weight is 294 g/mol. The fraction of sp³-hybridized carbons (Fsp3) is 0.300. The van der Waals surface area contributed by atoms with Gasteiger partial charge < -0.3 is 9.80 Å². The second-order valence-electron chi connectivity index (χ2n) is 6.35. The molecule has 0 aromatic heterocycles. The molecule has 2 heteroatoms. The number of nitrogens with zero attached hydrogens (tertiary/aromatic N) is 2. The Morgan fingerprint density at radius 2 is 1.00 bits per heavy atom. The van der Waals surface area contributed by atoms with E-state index in [1.807, 2.05) is 0 Å². The molecule has 2 rings (SSSR count). The van der Waals surface area contributed by atoms with Crippen molar-refractivity contribution in [3.63, 3.8) is 0 Å². The number of rotatable bonds is 6. The third kappa shape index (κ3) is 4.55. The predicted octanol–water partition coefficient (Wildman–Crippen LogP) is 3.87. The van der Waals surface area contributed by atoms with Crippen LogP contribution < -0.4 is 0 Å². The SMILES string of the molecule is C=C(c1ccc(CN(C)C)cc1)c1ccc(CN(C)C)cc1. The summed E-state index contributed by atoms with van der Waals surface area (Å²) >= 11 is 0. The zero-order chi connectivity index (χ0) is 16.1. The van der Waals surface area contributed by atoms with Gasteiger partial charge >= 0.3 is 0 Å². The molecule has 0 unspecified atom stereocenters. The van der Waals surface area contributed by atoms with Crippen molar-refractivity contribution in [3.05, 3.63) is 77.4 Å². The molecule has 0 aliphatic heterocycles. The van der Waals surface area contributed by atoms with Gasteiger partial charge in [0.15, 0.2) is 0 Å². The number of benzene rings is 2. The van der Waals surface area contributed by atoms with Gasteiger partial charge in [-0.15, -0.1) is 0 Å². The topological polar surface area (TPSA) is 6.48 Å². The summed E-state index contributed by atoms with van der Waals surface area (Å²) in [5.41, 5.74) is 6.09. The summed E-state index contributed by atoms with van der Waals surface area (Å²) in [7, 11) is 8.34. The Morgan fingerprint density at radius 3 is 1.27 bits per heavy atom. The van der Waals surface area contributed by atoms with Crippen LogP contribution in [0.1, 0.15) is 22.3 Å². The van der Waals surface area contributed by atoms with Crippen LogP contribution in [-0.4, -0.2) is 38.0 Å². The minimum Gasteiger partial charge on any atom is -0.305 e. The third-order valence-corrected chi connectivity index (χ3v) is 3.60. The highest BCUT2D eigenvalue weighted by Gasteiger charge is 2.04. The van der Waals surface area contributed by atoms with Crippen LogP contribution >= 0.6 is 0 Å². The van der Waals surface area contributed by atoms with Gasteiger partial charge in [-0.1, -0.05) is 55.1 Å². The Balaban J connectivity index is 2.10.